The molecule has 1 N–H and O–H groups in total. The highest BCUT2D eigenvalue weighted by molar-refractivity contribution is 5.81. The lowest BCUT2D eigenvalue weighted by molar-refractivity contribution is -0.135. The summed E-state index contributed by atoms with van der Waals surface area (Å²) in [6.07, 6.45) is 3.23. The lowest BCUT2D eigenvalue weighted by atomic mass is 9.97. The van der Waals surface area contributed by atoms with Crippen molar-refractivity contribution < 1.29 is 18.3 Å². The molecule has 1 aliphatic heterocycles. The van der Waals surface area contributed by atoms with Crippen LogP contribution in [0.1, 0.15) is 33.1 Å². The van der Waals surface area contributed by atoms with E-state index in [4.69, 9.17) is 0 Å². The van der Waals surface area contributed by atoms with E-state index in [1.165, 1.54) is 12.1 Å². The monoisotopic (exact) mass is 312 g/mol. The summed E-state index contributed by atoms with van der Waals surface area (Å²) in [6.45, 7) is 1.51. The molecular weight excluding hydrogens is 290 g/mol. The van der Waals surface area contributed by atoms with Gasteiger partial charge in [0, 0.05) is 17.8 Å². The van der Waals surface area contributed by atoms with E-state index in [0.717, 1.165) is 19.3 Å². The van der Waals surface area contributed by atoms with E-state index in [9.17, 15) is 13.6 Å². The summed E-state index contributed by atoms with van der Waals surface area (Å²) >= 11 is 0. The quantitative estimate of drug-likeness (QED) is 0.905. The molecule has 22 heavy (non-hydrogen) atoms. The summed E-state index contributed by atoms with van der Waals surface area (Å²) in [5, 5.41) is 3.03. The second-order valence-corrected chi connectivity index (χ2v) is 5.69. The zero-order valence-corrected chi connectivity index (χ0v) is 12.9. The second-order valence-electron chi connectivity index (χ2n) is 5.69. The average Bonchev–Trinajstić information content (AvgIpc) is 2.46. The summed E-state index contributed by atoms with van der Waals surface area (Å²) in [5.41, 5.74) is 0.701. The standard InChI is InChI=1S/C16H22F2N2O2/c1-11-4-3-5-12(2)20(11)15(21)10-19-13-6-8-14(9-7-13)22-16(17)18/h6-9,11-12,16,19H,3-5,10H2,1-2H3. The maximum absolute atomic E-state index is 12.3. The molecule has 1 heterocycles. The first-order valence-corrected chi connectivity index (χ1v) is 7.57. The number of nitrogens with one attached hydrogen (secondary N) is 1. The number of hydrogen-bond acceptors (Lipinski definition) is 3. The van der Waals surface area contributed by atoms with Crippen molar-refractivity contribution in [2.45, 2.75) is 51.8 Å². The van der Waals surface area contributed by atoms with Crippen LogP contribution in [0.25, 0.3) is 0 Å². The Morgan fingerprint density at radius 1 is 1.27 bits per heavy atom. The van der Waals surface area contributed by atoms with Crippen LogP contribution in [-0.2, 0) is 4.79 Å². The number of piperidine rings is 1. The van der Waals surface area contributed by atoms with Gasteiger partial charge < -0.3 is 15.0 Å². The van der Waals surface area contributed by atoms with Crippen LogP contribution in [0.4, 0.5) is 14.5 Å². The number of alkyl halides is 2. The highest BCUT2D eigenvalue weighted by Crippen LogP contribution is 2.23. The second kappa shape index (κ2) is 7.42. The largest absolute Gasteiger partial charge is 0.435 e. The van der Waals surface area contributed by atoms with Crippen molar-refractivity contribution >= 4 is 11.6 Å². The van der Waals surface area contributed by atoms with E-state index >= 15 is 0 Å². The lowest BCUT2D eigenvalue weighted by Crippen LogP contribution is -2.49. The summed E-state index contributed by atoms with van der Waals surface area (Å²) in [7, 11) is 0. The first kappa shape index (κ1) is 16.5. The van der Waals surface area contributed by atoms with Crippen LogP contribution in [0.2, 0.25) is 0 Å². The van der Waals surface area contributed by atoms with Gasteiger partial charge in [-0.05, 0) is 57.4 Å². The van der Waals surface area contributed by atoms with E-state index in [2.05, 4.69) is 23.9 Å². The zero-order valence-electron chi connectivity index (χ0n) is 12.9. The Bertz CT molecular complexity index is 483. The fraction of sp³-hybridized carbons (Fsp3) is 0.562. The third-order valence-corrected chi connectivity index (χ3v) is 4.00. The average molecular weight is 312 g/mol. The van der Waals surface area contributed by atoms with Gasteiger partial charge in [0.2, 0.25) is 5.91 Å². The summed E-state index contributed by atoms with van der Waals surface area (Å²) in [6, 6.07) is 6.66. The molecule has 4 nitrogen and oxygen atoms in total. The van der Waals surface area contributed by atoms with Gasteiger partial charge in [0.25, 0.3) is 0 Å². The Hall–Kier alpha value is -1.85. The third-order valence-electron chi connectivity index (χ3n) is 4.00. The van der Waals surface area contributed by atoms with E-state index in [-0.39, 0.29) is 30.3 Å². The summed E-state index contributed by atoms with van der Waals surface area (Å²) in [4.78, 5) is 14.3. The molecule has 1 aliphatic rings. The molecule has 2 atom stereocenters. The third kappa shape index (κ3) is 4.32. The number of halogens is 2. The Morgan fingerprint density at radius 3 is 2.41 bits per heavy atom. The van der Waals surface area contributed by atoms with E-state index in [1.807, 2.05) is 4.90 Å². The Balaban J connectivity index is 1.87. The van der Waals surface area contributed by atoms with Crippen molar-refractivity contribution in [3.05, 3.63) is 24.3 Å². The van der Waals surface area contributed by atoms with Crippen molar-refractivity contribution in [2.24, 2.45) is 0 Å². The molecule has 2 rings (SSSR count). The minimum atomic E-state index is -2.83. The SMILES string of the molecule is CC1CCCC(C)N1C(=O)CNc1ccc(OC(F)F)cc1. The van der Waals surface area contributed by atoms with Crippen LogP contribution in [0.5, 0.6) is 5.75 Å². The van der Waals surface area contributed by atoms with Crippen molar-refractivity contribution in [2.75, 3.05) is 11.9 Å². The maximum atomic E-state index is 12.3. The number of anilines is 1. The molecule has 1 amide bonds. The number of nitrogens with zero attached hydrogens (tertiary/aromatic N) is 1. The first-order chi connectivity index (χ1) is 10.5. The van der Waals surface area contributed by atoms with Crippen LogP contribution in [0, 0.1) is 0 Å². The number of amides is 1. The number of carbonyl (C=O) groups excluding carboxylic acids is 1. The Morgan fingerprint density at radius 2 is 1.86 bits per heavy atom. The number of carbonyl (C=O) groups is 1. The van der Waals surface area contributed by atoms with Crippen LogP contribution in [-0.4, -0.2) is 36.0 Å². The van der Waals surface area contributed by atoms with Gasteiger partial charge >= 0.3 is 6.61 Å². The fourth-order valence-electron chi connectivity index (χ4n) is 2.94. The summed E-state index contributed by atoms with van der Waals surface area (Å²) < 4.78 is 28.4. The molecule has 1 aromatic carbocycles. The molecule has 1 aromatic rings. The summed E-state index contributed by atoms with van der Waals surface area (Å²) in [5.74, 6) is 0.165. The van der Waals surface area contributed by atoms with Crippen LogP contribution in [0.3, 0.4) is 0 Å². The molecule has 0 aliphatic carbocycles. The maximum Gasteiger partial charge on any atom is 0.387 e. The van der Waals surface area contributed by atoms with Gasteiger partial charge in [-0.15, -0.1) is 0 Å². The normalized spacial score (nSPS) is 21.8. The molecule has 1 saturated heterocycles. The van der Waals surface area contributed by atoms with Gasteiger partial charge in [-0.25, -0.2) is 0 Å². The minimum Gasteiger partial charge on any atom is -0.435 e. The van der Waals surface area contributed by atoms with Crippen LogP contribution >= 0.6 is 0 Å². The van der Waals surface area contributed by atoms with Gasteiger partial charge in [-0.3, -0.25) is 4.79 Å². The highest BCUT2D eigenvalue weighted by atomic mass is 19.3. The smallest absolute Gasteiger partial charge is 0.387 e. The van der Waals surface area contributed by atoms with Crippen LogP contribution < -0.4 is 10.1 Å². The molecule has 0 bridgehead atoms. The Labute approximate surface area is 129 Å². The molecule has 1 fully saturated rings. The van der Waals surface area contributed by atoms with E-state index < -0.39 is 6.61 Å². The molecule has 0 aromatic heterocycles. The fourth-order valence-corrected chi connectivity index (χ4v) is 2.94. The van der Waals surface area contributed by atoms with Crippen molar-refractivity contribution in [3.8, 4) is 5.75 Å². The topological polar surface area (TPSA) is 41.6 Å². The van der Waals surface area contributed by atoms with Gasteiger partial charge in [-0.2, -0.15) is 8.78 Å². The van der Waals surface area contributed by atoms with Gasteiger partial charge in [-0.1, -0.05) is 0 Å². The number of likely N-dealkylation sites (tertiary alicyclic amines) is 1. The highest BCUT2D eigenvalue weighted by Gasteiger charge is 2.28. The number of ether oxygens (including phenoxy) is 1. The Kier molecular flexibility index (Phi) is 5.57. The molecule has 6 heteroatoms. The zero-order chi connectivity index (χ0) is 16.1. The van der Waals surface area contributed by atoms with E-state index in [1.54, 1.807) is 12.1 Å². The molecule has 2 unspecified atom stereocenters. The van der Waals surface area contributed by atoms with Gasteiger partial charge in [0.15, 0.2) is 0 Å². The molecule has 0 radical (unpaired) electrons. The number of hydrogen-bond donors (Lipinski definition) is 1. The lowest BCUT2D eigenvalue weighted by Gasteiger charge is -2.39. The van der Waals surface area contributed by atoms with Crippen LogP contribution in [0.15, 0.2) is 24.3 Å². The van der Waals surface area contributed by atoms with Crippen molar-refractivity contribution in [1.82, 2.24) is 4.90 Å². The minimum absolute atomic E-state index is 0.0626. The molecular formula is C16H22F2N2O2. The number of benzene rings is 1. The van der Waals surface area contributed by atoms with Crippen molar-refractivity contribution in [3.63, 3.8) is 0 Å². The first-order valence-electron chi connectivity index (χ1n) is 7.57. The molecule has 0 saturated carbocycles. The number of rotatable bonds is 5. The predicted molar refractivity (Wildman–Crippen MR) is 81.2 cm³/mol. The van der Waals surface area contributed by atoms with Crippen molar-refractivity contribution in [1.29, 1.82) is 0 Å². The molecule has 0 spiro atoms. The van der Waals surface area contributed by atoms with Gasteiger partial charge in [0.1, 0.15) is 5.75 Å². The predicted octanol–water partition coefficient (Wildman–Crippen LogP) is 3.49. The van der Waals surface area contributed by atoms with Gasteiger partial charge in [0.05, 0.1) is 6.54 Å². The van der Waals surface area contributed by atoms with E-state index in [0.29, 0.717) is 5.69 Å². The molecule has 122 valence electrons.